The van der Waals surface area contributed by atoms with Gasteiger partial charge in [0.15, 0.2) is 0 Å². The predicted molar refractivity (Wildman–Crippen MR) is 124 cm³/mol. The molecule has 0 bridgehead atoms. The summed E-state index contributed by atoms with van der Waals surface area (Å²) in [6.45, 7) is 2.97. The van der Waals surface area contributed by atoms with Gasteiger partial charge in [-0.2, -0.15) is 0 Å². The molecule has 1 aliphatic rings. The van der Waals surface area contributed by atoms with Crippen molar-refractivity contribution in [1.29, 1.82) is 0 Å². The fraction of sp³-hybridized carbons (Fsp3) is 0.519. The largest absolute Gasteiger partial charge is 0.414 e. The lowest BCUT2D eigenvalue weighted by Crippen LogP contribution is -2.35. The van der Waals surface area contributed by atoms with Crippen LogP contribution in [0.2, 0.25) is 0 Å². The van der Waals surface area contributed by atoms with E-state index in [1.54, 1.807) is 4.90 Å². The first kappa shape index (κ1) is 22.4. The Kier molecular flexibility index (Phi) is 8.80. The summed E-state index contributed by atoms with van der Waals surface area (Å²) in [4.78, 5) is 14.4. The van der Waals surface area contributed by atoms with Crippen LogP contribution in [-0.4, -0.2) is 24.6 Å². The molecule has 0 N–H and O–H groups in total. The summed E-state index contributed by atoms with van der Waals surface area (Å²) in [7, 11) is 1.88. The highest BCUT2D eigenvalue weighted by Crippen LogP contribution is 2.31. The van der Waals surface area contributed by atoms with E-state index >= 15 is 0 Å². The molecule has 1 saturated carbocycles. The molecule has 30 heavy (non-hydrogen) atoms. The van der Waals surface area contributed by atoms with Crippen LogP contribution in [0.4, 0.5) is 4.79 Å². The van der Waals surface area contributed by atoms with Gasteiger partial charge < -0.3 is 9.64 Å². The van der Waals surface area contributed by atoms with E-state index in [-0.39, 0.29) is 6.09 Å². The van der Waals surface area contributed by atoms with Crippen molar-refractivity contribution in [2.75, 3.05) is 13.6 Å². The van der Waals surface area contributed by atoms with Crippen molar-refractivity contribution in [2.24, 2.45) is 11.8 Å². The lowest BCUT2D eigenvalue weighted by atomic mass is 9.81. The van der Waals surface area contributed by atoms with Crippen molar-refractivity contribution in [1.82, 2.24) is 4.90 Å². The van der Waals surface area contributed by atoms with Crippen LogP contribution in [0.15, 0.2) is 54.6 Å². The minimum atomic E-state index is -0.256. The molecule has 3 nitrogen and oxygen atoms in total. The van der Waals surface area contributed by atoms with E-state index in [1.165, 1.54) is 56.1 Å². The van der Waals surface area contributed by atoms with Crippen LogP contribution in [0.25, 0.3) is 0 Å². The van der Waals surface area contributed by atoms with Crippen LogP contribution in [0, 0.1) is 18.8 Å². The third-order valence-corrected chi connectivity index (χ3v) is 6.50. The quantitative estimate of drug-likeness (QED) is 0.446. The number of carbonyl (C=O) groups excluding carboxylic acids is 1. The first-order valence-electron chi connectivity index (χ1n) is 11.6. The second kappa shape index (κ2) is 11.8. The Bertz CT molecular complexity index is 767. The molecule has 0 spiro atoms. The van der Waals surface area contributed by atoms with Gasteiger partial charge in [-0.3, -0.25) is 0 Å². The lowest BCUT2D eigenvalue weighted by Gasteiger charge is -2.29. The summed E-state index contributed by atoms with van der Waals surface area (Å²) in [6.07, 6.45) is 11.3. The van der Waals surface area contributed by atoms with Crippen LogP contribution >= 0.6 is 0 Å². The third-order valence-electron chi connectivity index (χ3n) is 6.50. The zero-order chi connectivity index (χ0) is 21.2. The topological polar surface area (TPSA) is 29.5 Å². The van der Waals surface area contributed by atoms with Crippen molar-refractivity contribution >= 4 is 6.09 Å². The monoisotopic (exact) mass is 407 g/mol. The van der Waals surface area contributed by atoms with Crippen LogP contribution in [-0.2, 0) is 6.42 Å². The Hall–Kier alpha value is -2.29. The van der Waals surface area contributed by atoms with Gasteiger partial charge in [0.2, 0.25) is 0 Å². The molecule has 1 aliphatic carbocycles. The Morgan fingerprint density at radius 3 is 2.47 bits per heavy atom. The highest BCUT2D eigenvalue weighted by atomic mass is 16.6. The molecule has 1 atom stereocenters. The van der Waals surface area contributed by atoms with Crippen LogP contribution < -0.4 is 4.74 Å². The molecular weight excluding hydrogens is 370 g/mol. The summed E-state index contributed by atoms with van der Waals surface area (Å²) in [5.74, 6) is 1.96. The average molecular weight is 408 g/mol. The molecule has 0 radical (unpaired) electrons. The number of aryl methyl sites for hydroxylation is 2. The molecule has 1 amide bonds. The number of rotatable bonds is 9. The van der Waals surface area contributed by atoms with Gasteiger partial charge in [-0.1, -0.05) is 74.6 Å². The smallest absolute Gasteiger partial charge is 0.410 e. The Morgan fingerprint density at radius 2 is 1.73 bits per heavy atom. The Morgan fingerprint density at radius 1 is 1.03 bits per heavy atom. The number of hydrogen-bond acceptors (Lipinski definition) is 2. The molecular formula is C27H37NO2. The molecule has 3 rings (SSSR count). The van der Waals surface area contributed by atoms with Gasteiger partial charge in [-0.15, -0.1) is 0 Å². The van der Waals surface area contributed by atoms with Crippen LogP contribution in [0.3, 0.4) is 0 Å². The minimum Gasteiger partial charge on any atom is -0.410 e. The number of amides is 1. The van der Waals surface area contributed by atoms with E-state index in [0.717, 1.165) is 25.3 Å². The maximum atomic E-state index is 12.6. The zero-order valence-corrected chi connectivity index (χ0v) is 18.7. The maximum Gasteiger partial charge on any atom is 0.414 e. The fourth-order valence-electron chi connectivity index (χ4n) is 4.78. The first-order chi connectivity index (χ1) is 14.6. The first-order valence-corrected chi connectivity index (χ1v) is 11.6. The Labute approximate surface area is 182 Å². The molecule has 162 valence electrons. The molecule has 1 fully saturated rings. The van der Waals surface area contributed by atoms with Crippen molar-refractivity contribution < 1.29 is 9.53 Å². The number of para-hydroxylation sites is 1. The summed E-state index contributed by atoms with van der Waals surface area (Å²) in [5, 5.41) is 0. The van der Waals surface area contributed by atoms with Gasteiger partial charge in [0, 0.05) is 13.6 Å². The van der Waals surface area contributed by atoms with Gasteiger partial charge in [-0.05, 0) is 67.7 Å². The molecule has 1 unspecified atom stereocenters. The molecule has 2 aromatic rings. The van der Waals surface area contributed by atoms with Crippen molar-refractivity contribution in [3.8, 4) is 5.75 Å². The SMILES string of the molecule is Cc1ccccc1CCCC(CC1CCCCC1)CN(C)C(=O)Oc1ccccc1. The minimum absolute atomic E-state index is 0.256. The fourth-order valence-corrected chi connectivity index (χ4v) is 4.78. The highest BCUT2D eigenvalue weighted by molar-refractivity contribution is 5.70. The van der Waals surface area contributed by atoms with E-state index in [4.69, 9.17) is 4.74 Å². The van der Waals surface area contributed by atoms with Gasteiger partial charge in [0.25, 0.3) is 0 Å². The van der Waals surface area contributed by atoms with E-state index in [9.17, 15) is 4.79 Å². The van der Waals surface area contributed by atoms with Crippen molar-refractivity contribution in [3.05, 3.63) is 65.7 Å². The standard InChI is InChI=1S/C27H37NO2/c1-22-12-9-10-16-25(22)17-11-15-24(20-23-13-5-3-6-14-23)21-28(2)27(29)30-26-18-7-4-8-19-26/h4,7-10,12,16,18-19,23-24H,3,5-6,11,13-15,17,20-21H2,1-2H3. The maximum absolute atomic E-state index is 12.6. The Balaban J connectivity index is 1.55. The zero-order valence-electron chi connectivity index (χ0n) is 18.7. The molecule has 3 heteroatoms. The van der Waals surface area contributed by atoms with E-state index in [0.29, 0.717) is 11.7 Å². The van der Waals surface area contributed by atoms with Crippen LogP contribution in [0.5, 0.6) is 5.75 Å². The van der Waals surface area contributed by atoms with Gasteiger partial charge in [-0.25, -0.2) is 4.79 Å². The highest BCUT2D eigenvalue weighted by Gasteiger charge is 2.22. The van der Waals surface area contributed by atoms with Crippen LogP contribution in [0.1, 0.15) is 62.5 Å². The van der Waals surface area contributed by atoms with Gasteiger partial charge in [0.1, 0.15) is 5.75 Å². The second-order valence-corrected chi connectivity index (χ2v) is 8.99. The summed E-state index contributed by atoms with van der Waals surface area (Å²) in [5.41, 5.74) is 2.83. The average Bonchev–Trinajstić information content (AvgIpc) is 2.76. The number of nitrogens with zero attached hydrogens (tertiary/aromatic N) is 1. The third kappa shape index (κ3) is 7.19. The van der Waals surface area contributed by atoms with Gasteiger partial charge in [0.05, 0.1) is 0 Å². The number of carbonyl (C=O) groups is 1. The van der Waals surface area contributed by atoms with Gasteiger partial charge >= 0.3 is 6.09 Å². The predicted octanol–water partition coefficient (Wildman–Crippen LogP) is 7.04. The molecule has 0 saturated heterocycles. The van der Waals surface area contributed by atoms with E-state index < -0.39 is 0 Å². The summed E-state index contributed by atoms with van der Waals surface area (Å²) < 4.78 is 5.54. The summed E-state index contributed by atoms with van der Waals surface area (Å²) in [6, 6.07) is 18.0. The number of hydrogen-bond donors (Lipinski definition) is 0. The molecule has 0 aliphatic heterocycles. The second-order valence-electron chi connectivity index (χ2n) is 8.99. The van der Waals surface area contributed by atoms with E-state index in [2.05, 4.69) is 31.2 Å². The van der Waals surface area contributed by atoms with E-state index in [1.807, 2.05) is 37.4 Å². The van der Waals surface area contributed by atoms with Crippen molar-refractivity contribution in [3.63, 3.8) is 0 Å². The molecule has 0 aromatic heterocycles. The van der Waals surface area contributed by atoms with Crippen molar-refractivity contribution in [2.45, 2.75) is 64.7 Å². The number of ether oxygens (including phenoxy) is 1. The normalized spacial score (nSPS) is 15.5. The lowest BCUT2D eigenvalue weighted by molar-refractivity contribution is 0.148. The summed E-state index contributed by atoms with van der Waals surface area (Å²) >= 11 is 0. The molecule has 0 heterocycles. The molecule has 2 aromatic carbocycles. The number of benzene rings is 2.